The molecule has 4 atom stereocenters. The van der Waals surface area contributed by atoms with Crippen molar-refractivity contribution in [2.75, 3.05) is 6.61 Å². The summed E-state index contributed by atoms with van der Waals surface area (Å²) in [5, 5.41) is 29.0. The van der Waals surface area contributed by atoms with E-state index in [0.29, 0.717) is 4.57 Å². The van der Waals surface area contributed by atoms with Gasteiger partial charge in [0.25, 0.3) is 5.56 Å². The van der Waals surface area contributed by atoms with E-state index in [2.05, 4.69) is 9.97 Å². The van der Waals surface area contributed by atoms with Gasteiger partial charge in [0.1, 0.15) is 23.5 Å². The maximum absolute atomic E-state index is 12.4. The number of carbonyl (C=O) groups is 1. The maximum Gasteiger partial charge on any atom is 0.359 e. The lowest BCUT2D eigenvalue weighted by atomic mass is 10.1. The molecule has 0 amide bonds. The van der Waals surface area contributed by atoms with E-state index < -0.39 is 48.3 Å². The van der Waals surface area contributed by atoms with Crippen LogP contribution < -0.4 is 11.2 Å². The van der Waals surface area contributed by atoms with Crippen LogP contribution in [0, 0.1) is 0 Å². The lowest BCUT2D eigenvalue weighted by Gasteiger charge is -2.22. The Bertz CT molecular complexity index is 926. The number of aliphatic hydroxyl groups excluding tert-OH is 3. The Balaban J connectivity index is 2.26. The molecule has 25 heavy (non-hydrogen) atoms. The summed E-state index contributed by atoms with van der Waals surface area (Å²) in [5.41, 5.74) is -2.54. The second kappa shape index (κ2) is 6.28. The summed E-state index contributed by atoms with van der Waals surface area (Å²) in [7, 11) is 0. The number of nitrogens with zero attached hydrogens (tertiary/aromatic N) is 4. The van der Waals surface area contributed by atoms with E-state index in [-0.39, 0.29) is 16.7 Å². The molecule has 0 bridgehead atoms. The molecule has 0 aromatic rings. The van der Waals surface area contributed by atoms with Gasteiger partial charge in [0.2, 0.25) is 5.91 Å². The van der Waals surface area contributed by atoms with E-state index in [1.165, 1.54) is 0 Å². The highest BCUT2D eigenvalue weighted by molar-refractivity contribution is 6.29. The number of aliphatic hydroxyl groups is 3. The van der Waals surface area contributed by atoms with Crippen LogP contribution in [0.4, 0.5) is 0 Å². The minimum atomic E-state index is -1.49. The van der Waals surface area contributed by atoms with Gasteiger partial charge in [-0.3, -0.25) is 14.2 Å². The van der Waals surface area contributed by atoms with E-state index in [1.54, 1.807) is 0 Å². The van der Waals surface area contributed by atoms with Crippen molar-refractivity contribution in [1.82, 2.24) is 19.1 Å². The zero-order valence-corrected chi connectivity index (χ0v) is 13.5. The van der Waals surface area contributed by atoms with Gasteiger partial charge in [0.05, 0.1) is 6.61 Å². The van der Waals surface area contributed by atoms with Crippen molar-refractivity contribution in [3.05, 3.63) is 32.2 Å². The van der Waals surface area contributed by atoms with Crippen LogP contribution in [0.1, 0.15) is 17.9 Å². The van der Waals surface area contributed by atoms with Crippen LogP contribution >= 0.6 is 11.6 Å². The van der Waals surface area contributed by atoms with Crippen LogP contribution in [-0.2, 0) is 4.74 Å². The highest BCUT2D eigenvalue weighted by atomic mass is 35.5. The monoisotopic (exact) mass is 372 g/mol. The number of carbonyl (C=O) groups excluding carboxylic acids is 1. The van der Waals surface area contributed by atoms with Gasteiger partial charge in [-0.1, -0.05) is 11.6 Å². The first kappa shape index (κ1) is 17.6. The van der Waals surface area contributed by atoms with Gasteiger partial charge in [0.15, 0.2) is 17.7 Å². The first-order valence-corrected chi connectivity index (χ1v) is 7.49. The van der Waals surface area contributed by atoms with E-state index >= 15 is 0 Å². The largest absolute Gasteiger partial charge is 0.394 e. The number of rotatable bonds is 2. The van der Waals surface area contributed by atoms with E-state index in [4.69, 9.17) is 16.3 Å². The molecule has 0 aromatic heterocycles. The predicted molar refractivity (Wildman–Crippen MR) is 81.5 cm³/mol. The van der Waals surface area contributed by atoms with Gasteiger partial charge < -0.3 is 20.1 Å². The molecule has 11 nitrogen and oxygen atoms in total. The second-order valence-corrected chi connectivity index (χ2v) is 5.81. The van der Waals surface area contributed by atoms with Crippen molar-refractivity contribution in [1.29, 1.82) is 0 Å². The van der Waals surface area contributed by atoms with Gasteiger partial charge in [-0.25, -0.2) is 9.78 Å². The summed E-state index contributed by atoms with van der Waals surface area (Å²) in [4.78, 5) is 43.2. The number of halogens is 1. The molecule has 0 saturated carbocycles. The van der Waals surface area contributed by atoms with Crippen LogP contribution in [0.5, 0.6) is 0 Å². The molecule has 0 spiro atoms. The third kappa shape index (κ3) is 2.75. The normalized spacial score (nSPS) is 26.3. The Kier molecular flexibility index (Phi) is 4.43. The Morgan fingerprint density at radius 2 is 2.00 bits per heavy atom. The molecule has 12 heteroatoms. The van der Waals surface area contributed by atoms with Crippen molar-refractivity contribution < 1.29 is 24.9 Å². The van der Waals surface area contributed by atoms with Gasteiger partial charge in [-0.15, -0.1) is 0 Å². The molecule has 3 aliphatic heterocycles. The van der Waals surface area contributed by atoms with Crippen molar-refractivity contribution in [3.63, 3.8) is 0 Å². The fraction of sp³-hybridized carbons (Fsp3) is 0.462. The summed E-state index contributed by atoms with van der Waals surface area (Å²) in [6.07, 6.45) is -4.12. The van der Waals surface area contributed by atoms with Crippen LogP contribution in [0.3, 0.4) is 0 Å². The van der Waals surface area contributed by atoms with Gasteiger partial charge in [0, 0.05) is 13.1 Å². The standard InChI is InChI=1S/C13H13ClN4O7/c1-4(20)18-11(23)7-10(16-13(18)24)17(2-6(14)15-7)12-9(22)8(21)5(3-19)25-12/h2,5,8-9,12,19,21-22H,3H2,1H3/t5-,8-,9-,12+/m1/s1. The van der Waals surface area contributed by atoms with Gasteiger partial charge in [-0.05, 0) is 0 Å². The first-order valence-electron chi connectivity index (χ1n) is 7.11. The van der Waals surface area contributed by atoms with E-state index in [9.17, 15) is 29.7 Å². The number of aromatic nitrogens is 4. The molecule has 1 saturated heterocycles. The summed E-state index contributed by atoms with van der Waals surface area (Å²) < 4.78 is 6.71. The zero-order chi connectivity index (χ0) is 18.5. The number of hydrogen-bond acceptors (Lipinski definition) is 9. The topological polar surface area (TPSA) is 157 Å². The Morgan fingerprint density at radius 3 is 2.56 bits per heavy atom. The van der Waals surface area contributed by atoms with Crippen molar-refractivity contribution in [2.24, 2.45) is 0 Å². The molecule has 0 unspecified atom stereocenters. The maximum atomic E-state index is 12.4. The quantitative estimate of drug-likeness (QED) is 0.533. The third-order valence-electron chi connectivity index (χ3n) is 3.83. The molecule has 3 rings (SSSR count). The van der Waals surface area contributed by atoms with Crippen molar-refractivity contribution in [2.45, 2.75) is 31.5 Å². The molecule has 134 valence electrons. The Morgan fingerprint density at radius 1 is 1.32 bits per heavy atom. The van der Waals surface area contributed by atoms with Crippen molar-refractivity contribution >= 4 is 17.5 Å². The van der Waals surface area contributed by atoms with Crippen LogP contribution in [-0.4, -0.2) is 65.2 Å². The lowest BCUT2D eigenvalue weighted by molar-refractivity contribution is -0.0526. The number of hydrogen-bond donors (Lipinski definition) is 3. The summed E-state index contributed by atoms with van der Waals surface area (Å²) >= 11 is 5.88. The lowest BCUT2D eigenvalue weighted by Crippen LogP contribution is -2.42. The van der Waals surface area contributed by atoms with Crippen LogP contribution in [0.15, 0.2) is 15.8 Å². The molecule has 0 aromatic carbocycles. The van der Waals surface area contributed by atoms with Crippen LogP contribution in [0.25, 0.3) is 11.5 Å². The van der Waals surface area contributed by atoms with Crippen molar-refractivity contribution in [3.8, 4) is 11.5 Å². The molecule has 0 aliphatic carbocycles. The molecule has 3 N–H and O–H groups in total. The molecular formula is C13H13ClN4O7. The minimum Gasteiger partial charge on any atom is -0.394 e. The summed E-state index contributed by atoms with van der Waals surface area (Å²) in [5.74, 6) is -1.13. The van der Waals surface area contributed by atoms with Crippen LogP contribution in [0.2, 0.25) is 5.15 Å². The molecule has 1 fully saturated rings. The highest BCUT2D eigenvalue weighted by Crippen LogP contribution is 2.32. The van der Waals surface area contributed by atoms with E-state index in [1.807, 2.05) is 0 Å². The average molecular weight is 373 g/mol. The Labute approximate surface area is 144 Å². The fourth-order valence-electron chi connectivity index (χ4n) is 2.65. The molecule has 3 heterocycles. The first-order chi connectivity index (χ1) is 11.8. The van der Waals surface area contributed by atoms with Gasteiger partial charge >= 0.3 is 5.69 Å². The molecule has 3 aliphatic rings. The molecular weight excluding hydrogens is 360 g/mol. The van der Waals surface area contributed by atoms with E-state index in [0.717, 1.165) is 17.7 Å². The highest BCUT2D eigenvalue weighted by Gasteiger charge is 2.44. The number of ether oxygens (including phenoxy) is 1. The smallest absolute Gasteiger partial charge is 0.359 e. The number of fused-ring (bicyclic) bond motifs is 1. The average Bonchev–Trinajstić information content (AvgIpc) is 2.82. The third-order valence-corrected chi connectivity index (χ3v) is 4.01. The SMILES string of the molecule is CC(=O)n1c(=O)nc2n([C@H]3O[C@H](CO)[C@@H](O)[C@H]3O)cc(Cl)nc-2c1=O. The minimum absolute atomic E-state index is 0.196. The zero-order valence-electron chi connectivity index (χ0n) is 12.7. The second-order valence-electron chi connectivity index (χ2n) is 5.43. The fourth-order valence-corrected chi connectivity index (χ4v) is 2.84. The summed E-state index contributed by atoms with van der Waals surface area (Å²) in [6.45, 7) is 0.449. The van der Waals surface area contributed by atoms with Gasteiger partial charge in [-0.2, -0.15) is 9.55 Å². The predicted octanol–water partition coefficient (Wildman–Crippen LogP) is -2.17. The molecule has 0 radical (unpaired) electrons. The Hall–Kier alpha value is -2.18. The summed E-state index contributed by atoms with van der Waals surface area (Å²) in [6, 6.07) is 0.